The summed E-state index contributed by atoms with van der Waals surface area (Å²) in [5.74, 6) is 0.605. The van der Waals surface area contributed by atoms with Crippen LogP contribution in [0.1, 0.15) is 43.6 Å². The number of anilines is 1. The van der Waals surface area contributed by atoms with Crippen LogP contribution in [0.5, 0.6) is 0 Å². The molecule has 0 radical (unpaired) electrons. The molecule has 11 heteroatoms. The van der Waals surface area contributed by atoms with Crippen molar-refractivity contribution in [1.82, 2.24) is 19.2 Å². The summed E-state index contributed by atoms with van der Waals surface area (Å²) in [5.41, 5.74) is 1.04. The van der Waals surface area contributed by atoms with Crippen molar-refractivity contribution < 1.29 is 21.9 Å². The molecule has 0 spiro atoms. The van der Waals surface area contributed by atoms with E-state index in [1.807, 2.05) is 18.2 Å². The molecular weight excluding hydrogens is 500 g/mol. The van der Waals surface area contributed by atoms with Gasteiger partial charge in [0.1, 0.15) is 5.82 Å². The van der Waals surface area contributed by atoms with Gasteiger partial charge >= 0.3 is 0 Å². The van der Waals surface area contributed by atoms with Gasteiger partial charge in [-0.3, -0.25) is 4.39 Å². The molecule has 3 fully saturated rings. The molecule has 1 aromatic heterocycles. The van der Waals surface area contributed by atoms with Crippen LogP contribution in [-0.4, -0.2) is 74.5 Å². The van der Waals surface area contributed by atoms with E-state index >= 15 is 0 Å². The number of hydrogen-bond donors (Lipinski definition) is 1. The molecule has 2 aliphatic heterocycles. The number of alkyl halides is 1. The molecule has 2 aromatic rings. The highest BCUT2D eigenvalue weighted by Crippen LogP contribution is 2.35. The van der Waals surface area contributed by atoms with E-state index < -0.39 is 16.9 Å². The summed E-state index contributed by atoms with van der Waals surface area (Å²) in [6.07, 6.45) is 5.97. The first-order chi connectivity index (χ1) is 17.9. The Morgan fingerprint density at radius 2 is 1.86 bits per heavy atom. The Balaban J connectivity index is 1.20. The van der Waals surface area contributed by atoms with Crippen molar-refractivity contribution in [1.29, 1.82) is 0 Å². The Hall–Kier alpha value is -2.21. The maximum atomic E-state index is 13.6. The number of ether oxygens (including phenoxy) is 1. The van der Waals surface area contributed by atoms with Gasteiger partial charge in [0.25, 0.3) is 10.2 Å². The summed E-state index contributed by atoms with van der Waals surface area (Å²) in [6.45, 7) is 1.61. The van der Waals surface area contributed by atoms with E-state index in [9.17, 15) is 17.2 Å². The summed E-state index contributed by atoms with van der Waals surface area (Å²) >= 11 is 0. The fourth-order valence-corrected chi connectivity index (χ4v) is 7.35. The van der Waals surface area contributed by atoms with E-state index in [0.29, 0.717) is 32.0 Å². The monoisotopic (exact) mass is 535 g/mol. The highest BCUT2D eigenvalue weighted by molar-refractivity contribution is 7.87. The van der Waals surface area contributed by atoms with E-state index in [1.165, 1.54) is 10.4 Å². The van der Waals surface area contributed by atoms with Gasteiger partial charge in [-0.25, -0.2) is 4.39 Å². The number of halogens is 2. The van der Waals surface area contributed by atoms with Gasteiger partial charge in [-0.05, 0) is 67.9 Å². The number of nitrogens with one attached hydrogen (secondary N) is 1. The molecule has 0 amide bonds. The fourth-order valence-electron chi connectivity index (χ4n) is 5.69. The zero-order valence-corrected chi connectivity index (χ0v) is 21.7. The van der Waals surface area contributed by atoms with Crippen LogP contribution < -0.4 is 9.62 Å². The van der Waals surface area contributed by atoms with Crippen molar-refractivity contribution in [3.8, 4) is 0 Å². The van der Waals surface area contributed by atoms with Gasteiger partial charge in [-0.1, -0.05) is 12.1 Å². The molecule has 37 heavy (non-hydrogen) atoms. The topological polar surface area (TPSA) is 87.7 Å². The van der Waals surface area contributed by atoms with Crippen LogP contribution in [0.25, 0.3) is 0 Å². The lowest BCUT2D eigenvalue weighted by Gasteiger charge is -2.42. The quantitative estimate of drug-likeness (QED) is 0.530. The van der Waals surface area contributed by atoms with Crippen LogP contribution >= 0.6 is 0 Å². The minimum atomic E-state index is -3.68. The van der Waals surface area contributed by atoms with E-state index in [4.69, 9.17) is 4.74 Å². The Morgan fingerprint density at radius 1 is 1.05 bits per heavy atom. The van der Waals surface area contributed by atoms with Gasteiger partial charge in [-0.15, -0.1) is 5.10 Å². The molecule has 0 unspecified atom stereocenters. The molecule has 1 aliphatic carbocycles. The first-order valence-corrected chi connectivity index (χ1v) is 14.6. The zero-order chi connectivity index (χ0) is 25.8. The maximum Gasteiger partial charge on any atom is 0.279 e. The van der Waals surface area contributed by atoms with Crippen LogP contribution in [0.3, 0.4) is 0 Å². The lowest BCUT2D eigenvalue weighted by Crippen LogP contribution is -2.59. The van der Waals surface area contributed by atoms with E-state index in [2.05, 4.69) is 19.8 Å². The summed E-state index contributed by atoms with van der Waals surface area (Å²) in [6, 6.07) is 10.3. The summed E-state index contributed by atoms with van der Waals surface area (Å²) in [7, 11) is -3.68. The van der Waals surface area contributed by atoms with E-state index in [1.54, 1.807) is 18.3 Å². The van der Waals surface area contributed by atoms with Crippen molar-refractivity contribution in [2.75, 3.05) is 44.4 Å². The third-order valence-electron chi connectivity index (χ3n) is 7.94. The second-order valence-corrected chi connectivity index (χ2v) is 12.2. The van der Waals surface area contributed by atoms with Gasteiger partial charge < -0.3 is 9.64 Å². The molecule has 3 heterocycles. The lowest BCUT2D eigenvalue weighted by atomic mass is 9.82. The molecular formula is C26H35F2N5O3S. The van der Waals surface area contributed by atoms with Gasteiger partial charge in [-0.2, -0.15) is 22.5 Å². The molecule has 2 saturated heterocycles. The van der Waals surface area contributed by atoms with Crippen LogP contribution in [0.2, 0.25) is 0 Å². The minimum Gasteiger partial charge on any atom is -0.378 e. The Bertz CT molecular complexity index is 1130. The van der Waals surface area contributed by atoms with Gasteiger partial charge in [0, 0.05) is 50.3 Å². The third-order valence-corrected chi connectivity index (χ3v) is 9.52. The Morgan fingerprint density at radius 3 is 2.57 bits per heavy atom. The first-order valence-electron chi connectivity index (χ1n) is 13.1. The average Bonchev–Trinajstić information content (AvgIpc) is 2.88. The van der Waals surface area contributed by atoms with Crippen LogP contribution in [0.15, 0.2) is 42.6 Å². The van der Waals surface area contributed by atoms with Crippen molar-refractivity contribution in [3.05, 3.63) is 54.0 Å². The smallest absolute Gasteiger partial charge is 0.279 e. The van der Waals surface area contributed by atoms with E-state index in [-0.39, 0.29) is 42.9 Å². The number of piperidine rings is 1. The predicted octanol–water partition coefficient (Wildman–Crippen LogP) is 3.29. The number of aromatic nitrogens is 2. The molecule has 1 aromatic carbocycles. The SMILES string of the molecule is O=S(=O)(N[C@H]1CCN(c2cccnn2)C[C@H]1COC1CCC(c2cccc(F)c2)CC1)N1CC(CF)C1. The van der Waals surface area contributed by atoms with Crippen molar-refractivity contribution in [2.45, 2.75) is 50.2 Å². The average molecular weight is 536 g/mol. The van der Waals surface area contributed by atoms with Crippen molar-refractivity contribution >= 4 is 16.0 Å². The molecule has 3 aliphatic rings. The molecule has 202 valence electrons. The molecule has 2 atom stereocenters. The second-order valence-electron chi connectivity index (χ2n) is 10.5. The van der Waals surface area contributed by atoms with E-state index in [0.717, 1.165) is 37.1 Å². The summed E-state index contributed by atoms with van der Waals surface area (Å²) in [4.78, 5) is 2.12. The highest BCUT2D eigenvalue weighted by Gasteiger charge is 2.40. The first kappa shape index (κ1) is 26.4. The number of benzene rings is 1. The van der Waals surface area contributed by atoms with Gasteiger partial charge in [0.05, 0.1) is 19.4 Å². The largest absolute Gasteiger partial charge is 0.378 e. The Kier molecular flexibility index (Phi) is 8.33. The number of rotatable bonds is 9. The van der Waals surface area contributed by atoms with Crippen LogP contribution in [0.4, 0.5) is 14.6 Å². The fraction of sp³-hybridized carbons (Fsp3) is 0.615. The van der Waals surface area contributed by atoms with Crippen LogP contribution in [0, 0.1) is 17.7 Å². The summed E-state index contributed by atoms with van der Waals surface area (Å²) in [5, 5.41) is 8.21. The minimum absolute atomic E-state index is 0.0790. The normalized spacial score (nSPS) is 27.7. The molecule has 1 N–H and O–H groups in total. The van der Waals surface area contributed by atoms with Crippen molar-refractivity contribution in [2.24, 2.45) is 11.8 Å². The number of nitrogens with zero attached hydrogens (tertiary/aromatic N) is 4. The molecule has 8 nitrogen and oxygen atoms in total. The maximum absolute atomic E-state index is 13.6. The lowest BCUT2D eigenvalue weighted by molar-refractivity contribution is -0.00237. The van der Waals surface area contributed by atoms with Crippen molar-refractivity contribution in [3.63, 3.8) is 0 Å². The standard InChI is InChI=1S/C26H35F2N5O3S/c27-14-19-15-33(16-19)37(34,35)31-25-10-12-32(26-5-2-11-29-30-26)17-22(25)18-36-24-8-6-20(7-9-24)21-3-1-4-23(28)13-21/h1-5,11,13,19-20,22,24-25,31H,6-10,12,14-18H2/t20?,22-,24?,25-/m0/s1. The zero-order valence-electron chi connectivity index (χ0n) is 20.9. The molecule has 0 bridgehead atoms. The van der Waals surface area contributed by atoms with Gasteiger partial charge in [0.2, 0.25) is 0 Å². The van der Waals surface area contributed by atoms with Crippen LogP contribution in [-0.2, 0) is 14.9 Å². The second kappa shape index (κ2) is 11.7. The number of hydrogen-bond acceptors (Lipinski definition) is 6. The summed E-state index contributed by atoms with van der Waals surface area (Å²) < 4.78 is 62.9. The molecule has 1 saturated carbocycles. The third kappa shape index (κ3) is 6.45. The predicted molar refractivity (Wildman–Crippen MR) is 137 cm³/mol. The molecule has 5 rings (SSSR count). The van der Waals surface area contributed by atoms with Gasteiger partial charge in [0.15, 0.2) is 5.82 Å². The highest BCUT2D eigenvalue weighted by atomic mass is 32.2. The Labute approximate surface area is 217 Å².